The van der Waals surface area contributed by atoms with Crippen LogP contribution in [-0.4, -0.2) is 36.4 Å². The molecule has 0 aromatic rings. The quantitative estimate of drug-likeness (QED) is 0.0373. The molecule has 414 valence electrons. The Morgan fingerprint density at radius 2 is 0.529 bits per heavy atom. The second kappa shape index (κ2) is 61.7. The van der Waals surface area contributed by atoms with Crippen molar-refractivity contribution in [2.75, 3.05) is 13.2 Å². The zero-order chi connectivity index (χ0) is 50.6. The van der Waals surface area contributed by atoms with Crippen molar-refractivity contribution in [3.8, 4) is 0 Å². The highest BCUT2D eigenvalue weighted by Gasteiger charge is 2.16. The van der Waals surface area contributed by atoms with Crippen molar-refractivity contribution in [1.82, 2.24) is 0 Å². The number of aliphatic hydroxyl groups excluding tert-OH is 1. The van der Waals surface area contributed by atoms with E-state index in [1.165, 1.54) is 289 Å². The fourth-order valence-corrected chi connectivity index (χ4v) is 9.90. The Hall–Kier alpha value is -1.62. The van der Waals surface area contributed by atoms with Crippen LogP contribution in [0.15, 0.2) is 24.3 Å². The van der Waals surface area contributed by atoms with Gasteiger partial charge >= 0.3 is 11.9 Å². The maximum Gasteiger partial charge on any atom is 0.306 e. The third kappa shape index (κ3) is 58.9. The lowest BCUT2D eigenvalue weighted by molar-refractivity contribution is -0.161. The molecule has 70 heavy (non-hydrogen) atoms. The number of esters is 2. The molecular formula is C65H124O5. The van der Waals surface area contributed by atoms with Crippen LogP contribution in [0.25, 0.3) is 0 Å². The van der Waals surface area contributed by atoms with E-state index in [9.17, 15) is 14.7 Å². The molecule has 0 aromatic heterocycles. The topological polar surface area (TPSA) is 72.8 Å². The van der Waals surface area contributed by atoms with E-state index in [1.807, 2.05) is 0 Å². The molecule has 0 saturated carbocycles. The van der Waals surface area contributed by atoms with Crippen molar-refractivity contribution >= 4 is 11.9 Å². The van der Waals surface area contributed by atoms with Gasteiger partial charge in [-0.2, -0.15) is 0 Å². The number of carbonyl (C=O) groups is 2. The molecule has 0 amide bonds. The number of aliphatic hydroxyl groups is 1. The van der Waals surface area contributed by atoms with Gasteiger partial charge in [0.05, 0.1) is 6.61 Å². The van der Waals surface area contributed by atoms with Crippen molar-refractivity contribution < 1.29 is 24.2 Å². The molecule has 0 radical (unpaired) electrons. The van der Waals surface area contributed by atoms with E-state index in [1.54, 1.807) is 0 Å². The summed E-state index contributed by atoms with van der Waals surface area (Å²) in [4.78, 5) is 24.5. The summed E-state index contributed by atoms with van der Waals surface area (Å²) in [6, 6.07) is 0. The molecule has 0 spiro atoms. The lowest BCUT2D eigenvalue weighted by Gasteiger charge is -2.15. The minimum absolute atomic E-state index is 0.0643. The van der Waals surface area contributed by atoms with Gasteiger partial charge in [-0.3, -0.25) is 9.59 Å². The smallest absolute Gasteiger partial charge is 0.306 e. The molecule has 0 heterocycles. The lowest BCUT2D eigenvalue weighted by atomic mass is 10.0. The molecule has 0 rings (SSSR count). The van der Waals surface area contributed by atoms with Crippen molar-refractivity contribution in [2.24, 2.45) is 0 Å². The number of carbonyl (C=O) groups excluding carboxylic acids is 2. The molecular weight excluding hydrogens is 861 g/mol. The number of ether oxygens (including phenoxy) is 2. The summed E-state index contributed by atoms with van der Waals surface area (Å²) in [5.41, 5.74) is 0. The molecule has 0 aliphatic carbocycles. The highest BCUT2D eigenvalue weighted by molar-refractivity contribution is 5.70. The number of hydrogen-bond donors (Lipinski definition) is 1. The third-order valence-electron chi connectivity index (χ3n) is 14.7. The summed E-state index contributed by atoms with van der Waals surface area (Å²) in [5, 5.41) is 9.64. The SMILES string of the molecule is CCCCCCCC/C=C\CCCCCCCC(=O)OCC(CO)OC(=O)CCCCCCCCCCCCCCCCCCCCCCCCCCCCCCC/C=C\CCCCCCCCCC. The van der Waals surface area contributed by atoms with Gasteiger partial charge < -0.3 is 14.6 Å². The standard InChI is InChI=1S/C65H124O5/c1-3-5-7-9-11-13-15-17-19-20-21-22-23-24-25-26-27-28-29-30-31-32-33-34-35-36-37-38-39-40-41-42-43-44-46-48-50-52-54-56-58-60-65(68)70-63(61-66)62-69-64(67)59-57-55-53-51-49-47-45-18-16-14-12-10-8-6-4-2/h18,20-21,45,63,66H,3-17,19,22-44,46-62H2,1-2H3/b21-20-,45-18-. The zero-order valence-corrected chi connectivity index (χ0v) is 47.6. The summed E-state index contributed by atoms with van der Waals surface area (Å²) in [5.74, 6) is -0.582. The fourth-order valence-electron chi connectivity index (χ4n) is 9.90. The summed E-state index contributed by atoms with van der Waals surface area (Å²) >= 11 is 0. The average Bonchev–Trinajstić information content (AvgIpc) is 3.36. The molecule has 0 fully saturated rings. The van der Waals surface area contributed by atoms with Crippen molar-refractivity contribution in [1.29, 1.82) is 0 Å². The van der Waals surface area contributed by atoms with Gasteiger partial charge in [0.2, 0.25) is 0 Å². The Bertz CT molecular complexity index is 1070. The monoisotopic (exact) mass is 985 g/mol. The molecule has 5 heteroatoms. The Balaban J connectivity index is 3.34. The van der Waals surface area contributed by atoms with Gasteiger partial charge in [-0.25, -0.2) is 0 Å². The normalized spacial score (nSPS) is 12.2. The Kier molecular flexibility index (Phi) is 60.3. The largest absolute Gasteiger partial charge is 0.462 e. The first-order valence-electron chi connectivity index (χ1n) is 31.9. The lowest BCUT2D eigenvalue weighted by Crippen LogP contribution is -2.28. The number of rotatable bonds is 60. The third-order valence-corrected chi connectivity index (χ3v) is 14.7. The van der Waals surface area contributed by atoms with E-state index >= 15 is 0 Å². The fraction of sp³-hybridized carbons (Fsp3) is 0.908. The molecule has 0 bridgehead atoms. The van der Waals surface area contributed by atoms with E-state index < -0.39 is 6.10 Å². The van der Waals surface area contributed by atoms with E-state index in [-0.39, 0.29) is 25.2 Å². The van der Waals surface area contributed by atoms with Gasteiger partial charge in [0.25, 0.3) is 0 Å². The number of unbranched alkanes of at least 4 members (excludes halogenated alkanes) is 48. The van der Waals surface area contributed by atoms with E-state index in [0.29, 0.717) is 12.8 Å². The summed E-state index contributed by atoms with van der Waals surface area (Å²) in [6.07, 6.45) is 79.3. The molecule has 0 aliphatic rings. The van der Waals surface area contributed by atoms with E-state index in [4.69, 9.17) is 9.47 Å². The first-order chi connectivity index (χ1) is 34.6. The summed E-state index contributed by atoms with van der Waals surface area (Å²) < 4.78 is 10.7. The maximum absolute atomic E-state index is 12.3. The average molecular weight is 986 g/mol. The van der Waals surface area contributed by atoms with Gasteiger partial charge in [0.15, 0.2) is 6.10 Å². The van der Waals surface area contributed by atoms with Gasteiger partial charge in [0.1, 0.15) is 6.61 Å². The van der Waals surface area contributed by atoms with Gasteiger partial charge in [-0.15, -0.1) is 0 Å². The minimum Gasteiger partial charge on any atom is -0.462 e. The Labute approximate surface area is 438 Å². The molecule has 0 aromatic carbocycles. The summed E-state index contributed by atoms with van der Waals surface area (Å²) in [6.45, 7) is 4.17. The van der Waals surface area contributed by atoms with Crippen LogP contribution in [0.4, 0.5) is 0 Å². The van der Waals surface area contributed by atoms with Gasteiger partial charge in [-0.1, -0.05) is 308 Å². The van der Waals surface area contributed by atoms with Gasteiger partial charge in [-0.05, 0) is 64.2 Å². The van der Waals surface area contributed by atoms with Crippen LogP contribution in [-0.2, 0) is 19.1 Å². The Morgan fingerprint density at radius 1 is 0.314 bits per heavy atom. The summed E-state index contributed by atoms with van der Waals surface area (Å²) in [7, 11) is 0. The van der Waals surface area contributed by atoms with Gasteiger partial charge in [0, 0.05) is 12.8 Å². The Morgan fingerprint density at radius 3 is 0.771 bits per heavy atom. The molecule has 1 N–H and O–H groups in total. The van der Waals surface area contributed by atoms with Crippen LogP contribution in [0.2, 0.25) is 0 Å². The molecule has 1 atom stereocenters. The van der Waals surface area contributed by atoms with Crippen LogP contribution >= 0.6 is 0 Å². The number of hydrogen-bond acceptors (Lipinski definition) is 5. The highest BCUT2D eigenvalue weighted by Crippen LogP contribution is 2.18. The highest BCUT2D eigenvalue weighted by atomic mass is 16.6. The second-order valence-electron chi connectivity index (χ2n) is 21.8. The van der Waals surface area contributed by atoms with Crippen molar-refractivity contribution in [3.63, 3.8) is 0 Å². The van der Waals surface area contributed by atoms with Crippen LogP contribution in [0.1, 0.15) is 361 Å². The first-order valence-corrected chi connectivity index (χ1v) is 31.9. The molecule has 1 unspecified atom stereocenters. The van der Waals surface area contributed by atoms with Crippen LogP contribution < -0.4 is 0 Å². The maximum atomic E-state index is 12.3. The van der Waals surface area contributed by atoms with Crippen LogP contribution in [0.5, 0.6) is 0 Å². The van der Waals surface area contributed by atoms with E-state index in [2.05, 4.69) is 38.2 Å². The minimum atomic E-state index is -0.771. The molecule has 5 nitrogen and oxygen atoms in total. The van der Waals surface area contributed by atoms with Crippen LogP contribution in [0.3, 0.4) is 0 Å². The van der Waals surface area contributed by atoms with E-state index in [0.717, 1.165) is 44.9 Å². The van der Waals surface area contributed by atoms with Crippen LogP contribution in [0, 0.1) is 0 Å². The van der Waals surface area contributed by atoms with Crippen molar-refractivity contribution in [2.45, 2.75) is 367 Å². The zero-order valence-electron chi connectivity index (χ0n) is 47.6. The first kappa shape index (κ1) is 68.4. The second-order valence-corrected chi connectivity index (χ2v) is 21.8. The number of allylic oxidation sites excluding steroid dienone is 4. The molecule has 0 saturated heterocycles. The predicted molar refractivity (Wildman–Crippen MR) is 307 cm³/mol. The predicted octanol–water partition coefficient (Wildman–Crippen LogP) is 21.7. The molecule has 0 aliphatic heterocycles. The van der Waals surface area contributed by atoms with Crippen molar-refractivity contribution in [3.05, 3.63) is 24.3 Å².